The summed E-state index contributed by atoms with van der Waals surface area (Å²) >= 11 is 5.50. The van der Waals surface area contributed by atoms with Crippen molar-refractivity contribution in [3.05, 3.63) is 41.9 Å². The van der Waals surface area contributed by atoms with Gasteiger partial charge in [0, 0.05) is 5.69 Å². The molecule has 2 rings (SSSR count). The molecule has 0 atom stereocenters. The molecule has 0 fully saturated rings. The highest BCUT2D eigenvalue weighted by molar-refractivity contribution is 7.92. The van der Waals surface area contributed by atoms with Crippen LogP contribution >= 0.6 is 11.6 Å². The van der Waals surface area contributed by atoms with E-state index in [1.165, 1.54) is 12.1 Å². The number of hydrogen-bond acceptors (Lipinski definition) is 5. The number of primary amides is 1. The maximum Gasteiger partial charge on any atom is 0.316 e. The molecule has 4 N–H and O–H groups in total. The number of nitrogens with zero attached hydrogens (tertiary/aromatic N) is 2. The zero-order valence-electron chi connectivity index (χ0n) is 10.4. The Morgan fingerprint density at radius 3 is 2.43 bits per heavy atom. The van der Waals surface area contributed by atoms with Gasteiger partial charge in [-0.25, -0.2) is 23.2 Å². The topological polar surface area (TPSA) is 127 Å². The lowest BCUT2D eigenvalue weighted by atomic mass is 10.3. The van der Waals surface area contributed by atoms with Crippen molar-refractivity contribution in [1.29, 1.82) is 0 Å². The van der Waals surface area contributed by atoms with E-state index >= 15 is 0 Å². The van der Waals surface area contributed by atoms with Gasteiger partial charge in [-0.15, -0.1) is 0 Å². The molecule has 1 aromatic carbocycles. The molecule has 0 aliphatic carbocycles. The van der Waals surface area contributed by atoms with Crippen molar-refractivity contribution in [1.82, 2.24) is 9.97 Å². The summed E-state index contributed by atoms with van der Waals surface area (Å²) in [6.07, 6.45) is 2.17. The van der Waals surface area contributed by atoms with Crippen molar-refractivity contribution >= 4 is 39.0 Å². The summed E-state index contributed by atoms with van der Waals surface area (Å²) in [6, 6.07) is 5.30. The van der Waals surface area contributed by atoms with Gasteiger partial charge < -0.3 is 11.1 Å². The second-order valence-electron chi connectivity index (χ2n) is 3.86. The Hall–Kier alpha value is -2.39. The van der Waals surface area contributed by atoms with E-state index < -0.39 is 16.1 Å². The molecule has 10 heteroatoms. The van der Waals surface area contributed by atoms with Crippen LogP contribution in [-0.4, -0.2) is 24.4 Å². The number of benzene rings is 1. The zero-order valence-corrected chi connectivity index (χ0v) is 12.0. The average Bonchev–Trinajstić information content (AvgIpc) is 2.38. The predicted octanol–water partition coefficient (Wildman–Crippen LogP) is 1.42. The maximum atomic E-state index is 12.1. The number of aromatic nitrogens is 2. The Balaban J connectivity index is 2.24. The molecule has 0 saturated carbocycles. The molecule has 0 aliphatic heterocycles. The highest BCUT2D eigenvalue weighted by Gasteiger charge is 2.15. The minimum Gasteiger partial charge on any atom is -0.351 e. The van der Waals surface area contributed by atoms with Crippen molar-refractivity contribution in [3.8, 4) is 0 Å². The molecule has 1 heterocycles. The van der Waals surface area contributed by atoms with Crippen LogP contribution in [0.2, 0.25) is 5.28 Å². The number of carbonyl (C=O) groups is 1. The fraction of sp³-hybridized carbons (Fsp3) is 0. The van der Waals surface area contributed by atoms with Gasteiger partial charge in [0.1, 0.15) is 4.90 Å². The van der Waals surface area contributed by atoms with Gasteiger partial charge in [-0.2, -0.15) is 0 Å². The number of hydrogen-bond donors (Lipinski definition) is 3. The molecule has 21 heavy (non-hydrogen) atoms. The number of anilines is 2. The summed E-state index contributed by atoms with van der Waals surface area (Å²) in [5.41, 5.74) is 5.59. The van der Waals surface area contributed by atoms with Crippen molar-refractivity contribution in [2.75, 3.05) is 10.0 Å². The number of sulfonamides is 1. The molecule has 2 aromatic rings. The van der Waals surface area contributed by atoms with Gasteiger partial charge in [-0.1, -0.05) is 6.07 Å². The van der Waals surface area contributed by atoms with Crippen molar-refractivity contribution in [2.45, 2.75) is 4.90 Å². The highest BCUT2D eigenvalue weighted by Crippen LogP contribution is 2.19. The Kier molecular flexibility index (Phi) is 4.24. The lowest BCUT2D eigenvalue weighted by molar-refractivity contribution is 0.259. The summed E-state index contributed by atoms with van der Waals surface area (Å²) in [7, 11) is -3.85. The van der Waals surface area contributed by atoms with Crippen LogP contribution in [0.4, 0.5) is 16.2 Å². The normalized spacial score (nSPS) is 10.9. The maximum absolute atomic E-state index is 12.1. The smallest absolute Gasteiger partial charge is 0.316 e. The van der Waals surface area contributed by atoms with Crippen LogP contribution in [0.25, 0.3) is 0 Å². The Labute approximate surface area is 125 Å². The van der Waals surface area contributed by atoms with Crippen LogP contribution in [0.1, 0.15) is 0 Å². The minimum absolute atomic E-state index is 0.0541. The first kappa shape index (κ1) is 15.0. The third-order valence-electron chi connectivity index (χ3n) is 2.29. The summed E-state index contributed by atoms with van der Waals surface area (Å²) in [4.78, 5) is 17.8. The number of nitrogens with two attached hydrogens (primary N) is 1. The van der Waals surface area contributed by atoms with E-state index in [2.05, 4.69) is 20.0 Å². The summed E-state index contributed by atoms with van der Waals surface area (Å²) in [6.45, 7) is 0. The molecule has 110 valence electrons. The number of carbonyl (C=O) groups excluding carboxylic acids is 1. The van der Waals surface area contributed by atoms with Crippen LogP contribution in [0, 0.1) is 0 Å². The van der Waals surface area contributed by atoms with E-state index in [9.17, 15) is 13.2 Å². The Morgan fingerprint density at radius 2 is 1.81 bits per heavy atom. The second-order valence-corrected chi connectivity index (χ2v) is 5.88. The molecule has 1 aromatic heterocycles. The van der Waals surface area contributed by atoms with E-state index in [4.69, 9.17) is 17.3 Å². The molecule has 2 amide bonds. The predicted molar refractivity (Wildman–Crippen MR) is 77.5 cm³/mol. The second kappa shape index (κ2) is 5.94. The lowest BCUT2D eigenvalue weighted by Gasteiger charge is -2.09. The first-order valence-corrected chi connectivity index (χ1v) is 7.40. The molecule has 0 spiro atoms. The average molecular weight is 328 g/mol. The lowest BCUT2D eigenvalue weighted by Crippen LogP contribution is -2.19. The van der Waals surface area contributed by atoms with E-state index in [-0.39, 0.29) is 15.9 Å². The molecule has 8 nitrogen and oxygen atoms in total. The summed E-state index contributed by atoms with van der Waals surface area (Å²) < 4.78 is 26.5. The van der Waals surface area contributed by atoms with Gasteiger partial charge >= 0.3 is 6.03 Å². The number of amides is 2. The van der Waals surface area contributed by atoms with Gasteiger partial charge in [0.05, 0.1) is 18.1 Å². The Bertz CT molecular complexity index is 764. The first-order valence-electron chi connectivity index (χ1n) is 5.54. The summed E-state index contributed by atoms with van der Waals surface area (Å²) in [5, 5.41) is 2.29. The molecule has 0 bridgehead atoms. The third kappa shape index (κ3) is 4.04. The SMILES string of the molecule is NC(=O)Nc1cccc(NS(=O)(=O)c2cnc(Cl)nc2)c1. The quantitative estimate of drug-likeness (QED) is 0.732. The van der Waals surface area contributed by atoms with E-state index in [0.717, 1.165) is 12.4 Å². The van der Waals surface area contributed by atoms with Crippen LogP contribution in [0.5, 0.6) is 0 Å². The van der Waals surface area contributed by atoms with Gasteiger partial charge in [-0.05, 0) is 29.8 Å². The van der Waals surface area contributed by atoms with Gasteiger partial charge in [0.15, 0.2) is 0 Å². The van der Waals surface area contributed by atoms with Crippen LogP contribution < -0.4 is 15.8 Å². The standard InChI is InChI=1S/C11H10ClN5O3S/c12-10-14-5-9(6-15-10)21(19,20)17-8-3-1-2-7(4-8)16-11(13)18/h1-6,17H,(H3,13,16,18). The molecule has 0 unspecified atom stereocenters. The van der Waals surface area contributed by atoms with Crippen molar-refractivity contribution in [2.24, 2.45) is 5.73 Å². The van der Waals surface area contributed by atoms with Crippen LogP contribution in [0.15, 0.2) is 41.6 Å². The third-order valence-corrected chi connectivity index (χ3v) is 3.82. The van der Waals surface area contributed by atoms with Crippen molar-refractivity contribution < 1.29 is 13.2 Å². The monoisotopic (exact) mass is 327 g/mol. The highest BCUT2D eigenvalue weighted by atomic mass is 35.5. The fourth-order valence-corrected chi connectivity index (χ4v) is 2.49. The number of nitrogens with one attached hydrogen (secondary N) is 2. The molecule has 0 saturated heterocycles. The fourth-order valence-electron chi connectivity index (χ4n) is 1.46. The van der Waals surface area contributed by atoms with E-state index in [1.54, 1.807) is 12.1 Å². The molecular weight excluding hydrogens is 318 g/mol. The Morgan fingerprint density at radius 1 is 1.19 bits per heavy atom. The number of urea groups is 1. The number of halogens is 1. The van der Waals surface area contributed by atoms with Crippen molar-refractivity contribution in [3.63, 3.8) is 0 Å². The zero-order chi connectivity index (χ0) is 15.5. The van der Waals surface area contributed by atoms with Crippen LogP contribution in [0.3, 0.4) is 0 Å². The summed E-state index contributed by atoms with van der Waals surface area (Å²) in [5.74, 6) is 0. The van der Waals surface area contributed by atoms with Crippen LogP contribution in [-0.2, 0) is 10.0 Å². The first-order chi connectivity index (χ1) is 9.87. The van der Waals surface area contributed by atoms with Gasteiger partial charge in [0.2, 0.25) is 5.28 Å². The van der Waals surface area contributed by atoms with Gasteiger partial charge in [-0.3, -0.25) is 4.72 Å². The van der Waals surface area contributed by atoms with Gasteiger partial charge in [0.25, 0.3) is 10.0 Å². The molecule has 0 aliphatic rings. The molecular formula is C11H10ClN5O3S. The molecule has 0 radical (unpaired) electrons. The number of rotatable bonds is 4. The van der Waals surface area contributed by atoms with E-state index in [0.29, 0.717) is 5.69 Å². The largest absolute Gasteiger partial charge is 0.351 e. The van der Waals surface area contributed by atoms with E-state index in [1.807, 2.05) is 0 Å². The minimum atomic E-state index is -3.85.